The first kappa shape index (κ1) is 12.7. The highest BCUT2D eigenvalue weighted by atomic mass is 16.3. The Morgan fingerprint density at radius 2 is 1.62 bits per heavy atom. The van der Waals surface area contributed by atoms with Crippen molar-refractivity contribution in [2.75, 3.05) is 0 Å². The van der Waals surface area contributed by atoms with E-state index in [2.05, 4.69) is 25.3 Å². The molecule has 0 atom stereocenters. The zero-order valence-electron chi connectivity index (χ0n) is 9.73. The summed E-state index contributed by atoms with van der Waals surface area (Å²) in [6.45, 7) is 7.38. The second-order valence-electron chi connectivity index (χ2n) is 4.20. The summed E-state index contributed by atoms with van der Waals surface area (Å²) in [6.07, 6.45) is 6.41. The largest absolute Gasteiger partial charge is 0.389 e. The molecule has 0 radical (unpaired) electrons. The van der Waals surface area contributed by atoms with Crippen LogP contribution in [0.3, 0.4) is 0 Å². The van der Waals surface area contributed by atoms with Gasteiger partial charge in [-0.05, 0) is 31.2 Å². The molecular weight excluding hydrogens is 196 g/mol. The van der Waals surface area contributed by atoms with Crippen molar-refractivity contribution < 1.29 is 5.11 Å². The van der Waals surface area contributed by atoms with E-state index < -0.39 is 5.60 Å². The van der Waals surface area contributed by atoms with Gasteiger partial charge in [0, 0.05) is 0 Å². The zero-order valence-corrected chi connectivity index (χ0v) is 9.73. The molecule has 16 heavy (non-hydrogen) atoms. The third kappa shape index (κ3) is 4.03. The highest BCUT2D eigenvalue weighted by Gasteiger charge is 2.23. The SMILES string of the molecule is C=CCC(O)(CC=C)CCc1ccccc1. The lowest BCUT2D eigenvalue weighted by molar-refractivity contribution is 0.0377. The molecular formula is C15H20O. The van der Waals surface area contributed by atoms with E-state index in [9.17, 15) is 5.11 Å². The van der Waals surface area contributed by atoms with E-state index in [1.54, 1.807) is 12.2 Å². The maximum atomic E-state index is 10.3. The molecule has 1 nitrogen and oxygen atoms in total. The van der Waals surface area contributed by atoms with Gasteiger partial charge < -0.3 is 5.11 Å². The van der Waals surface area contributed by atoms with Crippen LogP contribution in [0.4, 0.5) is 0 Å². The summed E-state index contributed by atoms with van der Waals surface area (Å²) in [4.78, 5) is 0. The molecule has 1 rings (SSSR count). The summed E-state index contributed by atoms with van der Waals surface area (Å²) in [5, 5.41) is 10.3. The van der Waals surface area contributed by atoms with Crippen molar-refractivity contribution >= 4 is 0 Å². The summed E-state index contributed by atoms with van der Waals surface area (Å²) in [6, 6.07) is 10.2. The smallest absolute Gasteiger partial charge is 0.0719 e. The van der Waals surface area contributed by atoms with Crippen LogP contribution in [0.15, 0.2) is 55.6 Å². The zero-order chi connectivity index (χ0) is 11.9. The van der Waals surface area contributed by atoms with Gasteiger partial charge in [0.1, 0.15) is 0 Å². The van der Waals surface area contributed by atoms with Crippen LogP contribution in [0.2, 0.25) is 0 Å². The third-order valence-corrected chi connectivity index (χ3v) is 2.77. The Labute approximate surface area is 98.1 Å². The molecule has 0 spiro atoms. The monoisotopic (exact) mass is 216 g/mol. The van der Waals surface area contributed by atoms with Crippen molar-refractivity contribution in [3.8, 4) is 0 Å². The molecule has 1 heteroatoms. The molecule has 0 fully saturated rings. The Bertz CT molecular complexity index is 317. The van der Waals surface area contributed by atoms with Crippen LogP contribution in [-0.4, -0.2) is 10.7 Å². The van der Waals surface area contributed by atoms with E-state index in [1.165, 1.54) is 5.56 Å². The van der Waals surface area contributed by atoms with E-state index in [0.717, 1.165) is 12.8 Å². The maximum absolute atomic E-state index is 10.3. The Morgan fingerprint density at radius 3 is 2.12 bits per heavy atom. The Kier molecular flexibility index (Phi) is 5.00. The molecule has 0 aliphatic heterocycles. The fourth-order valence-electron chi connectivity index (χ4n) is 1.85. The summed E-state index contributed by atoms with van der Waals surface area (Å²) >= 11 is 0. The topological polar surface area (TPSA) is 20.2 Å². The molecule has 0 aliphatic rings. The molecule has 0 aliphatic carbocycles. The molecule has 0 bridgehead atoms. The van der Waals surface area contributed by atoms with Crippen molar-refractivity contribution in [1.82, 2.24) is 0 Å². The average Bonchev–Trinajstić information content (AvgIpc) is 2.29. The van der Waals surface area contributed by atoms with E-state index >= 15 is 0 Å². The second kappa shape index (κ2) is 6.29. The molecule has 0 saturated carbocycles. The van der Waals surface area contributed by atoms with Crippen LogP contribution in [-0.2, 0) is 6.42 Å². The lowest BCUT2D eigenvalue weighted by Crippen LogP contribution is -2.27. The lowest BCUT2D eigenvalue weighted by Gasteiger charge is -2.25. The first-order valence-corrected chi connectivity index (χ1v) is 5.68. The van der Waals surface area contributed by atoms with Gasteiger partial charge in [-0.25, -0.2) is 0 Å². The molecule has 1 aromatic carbocycles. The summed E-state index contributed by atoms with van der Waals surface area (Å²) in [7, 11) is 0. The van der Waals surface area contributed by atoms with Crippen LogP contribution in [0, 0.1) is 0 Å². The lowest BCUT2D eigenvalue weighted by atomic mass is 9.88. The average molecular weight is 216 g/mol. The van der Waals surface area contributed by atoms with E-state index in [0.29, 0.717) is 12.8 Å². The van der Waals surface area contributed by atoms with Crippen LogP contribution in [0.25, 0.3) is 0 Å². The first-order chi connectivity index (χ1) is 7.70. The van der Waals surface area contributed by atoms with Crippen LogP contribution in [0.5, 0.6) is 0 Å². The quantitative estimate of drug-likeness (QED) is 0.692. The fourth-order valence-corrected chi connectivity index (χ4v) is 1.85. The molecule has 1 aromatic rings. The van der Waals surface area contributed by atoms with Crippen LogP contribution in [0.1, 0.15) is 24.8 Å². The predicted octanol–water partition coefficient (Wildman–Crippen LogP) is 3.50. The van der Waals surface area contributed by atoms with Gasteiger partial charge in [-0.2, -0.15) is 0 Å². The Morgan fingerprint density at radius 1 is 1.06 bits per heavy atom. The summed E-state index contributed by atoms with van der Waals surface area (Å²) in [5.41, 5.74) is 0.577. The normalized spacial score (nSPS) is 11.1. The fraction of sp³-hybridized carbons (Fsp3) is 0.333. The van der Waals surface area contributed by atoms with E-state index in [-0.39, 0.29) is 0 Å². The van der Waals surface area contributed by atoms with E-state index in [1.807, 2.05) is 18.2 Å². The minimum Gasteiger partial charge on any atom is -0.389 e. The molecule has 86 valence electrons. The van der Waals surface area contributed by atoms with Crippen molar-refractivity contribution in [3.63, 3.8) is 0 Å². The number of benzene rings is 1. The number of aryl methyl sites for hydroxylation is 1. The first-order valence-electron chi connectivity index (χ1n) is 5.68. The Balaban J connectivity index is 2.56. The number of rotatable bonds is 7. The maximum Gasteiger partial charge on any atom is 0.0719 e. The molecule has 1 N–H and O–H groups in total. The van der Waals surface area contributed by atoms with Crippen molar-refractivity contribution in [1.29, 1.82) is 0 Å². The second-order valence-corrected chi connectivity index (χ2v) is 4.20. The molecule has 0 heterocycles. The standard InChI is InChI=1S/C15H20O/c1-3-11-15(16,12-4-2)13-10-14-8-6-5-7-9-14/h3-9,16H,1-2,10-13H2. The van der Waals surface area contributed by atoms with Crippen molar-refractivity contribution in [2.24, 2.45) is 0 Å². The van der Waals surface area contributed by atoms with Crippen LogP contribution < -0.4 is 0 Å². The minimum atomic E-state index is -0.681. The van der Waals surface area contributed by atoms with Gasteiger partial charge >= 0.3 is 0 Å². The molecule has 0 saturated heterocycles. The highest BCUT2D eigenvalue weighted by Crippen LogP contribution is 2.23. The highest BCUT2D eigenvalue weighted by molar-refractivity contribution is 5.15. The van der Waals surface area contributed by atoms with E-state index in [4.69, 9.17) is 0 Å². The van der Waals surface area contributed by atoms with Gasteiger partial charge in [0.15, 0.2) is 0 Å². The number of hydrogen-bond acceptors (Lipinski definition) is 1. The molecule has 0 aromatic heterocycles. The van der Waals surface area contributed by atoms with Gasteiger partial charge in [0.25, 0.3) is 0 Å². The van der Waals surface area contributed by atoms with Gasteiger partial charge in [0.2, 0.25) is 0 Å². The van der Waals surface area contributed by atoms with Crippen LogP contribution >= 0.6 is 0 Å². The third-order valence-electron chi connectivity index (χ3n) is 2.77. The summed E-state index contributed by atoms with van der Waals surface area (Å²) < 4.78 is 0. The Hall–Kier alpha value is -1.34. The van der Waals surface area contributed by atoms with Crippen molar-refractivity contribution in [2.45, 2.75) is 31.3 Å². The van der Waals surface area contributed by atoms with Gasteiger partial charge in [-0.3, -0.25) is 0 Å². The number of aliphatic hydroxyl groups is 1. The van der Waals surface area contributed by atoms with Crippen molar-refractivity contribution in [3.05, 3.63) is 61.2 Å². The molecule has 0 amide bonds. The molecule has 0 unspecified atom stereocenters. The predicted molar refractivity (Wildman–Crippen MR) is 69.3 cm³/mol. The summed E-state index contributed by atoms with van der Waals surface area (Å²) in [5.74, 6) is 0. The van der Waals surface area contributed by atoms with Gasteiger partial charge in [-0.15, -0.1) is 13.2 Å². The van der Waals surface area contributed by atoms with Gasteiger partial charge in [-0.1, -0.05) is 42.5 Å². The number of hydrogen-bond donors (Lipinski definition) is 1. The minimum absolute atomic E-state index is 0.617. The van der Waals surface area contributed by atoms with Gasteiger partial charge in [0.05, 0.1) is 5.60 Å².